The van der Waals surface area contributed by atoms with E-state index in [-0.39, 0.29) is 23.4 Å². The van der Waals surface area contributed by atoms with Gasteiger partial charge in [-0.15, -0.1) is 0 Å². The van der Waals surface area contributed by atoms with Crippen molar-refractivity contribution in [2.24, 2.45) is 0 Å². The van der Waals surface area contributed by atoms with Crippen LogP contribution in [0.15, 0.2) is 36.7 Å². The highest BCUT2D eigenvalue weighted by atomic mass is 35.5. The third-order valence-corrected chi connectivity index (χ3v) is 16.8. The van der Waals surface area contributed by atoms with Crippen LogP contribution in [0.4, 0.5) is 4.79 Å². The van der Waals surface area contributed by atoms with Gasteiger partial charge < -0.3 is 18.8 Å². The molecule has 0 spiro atoms. The van der Waals surface area contributed by atoms with Crippen LogP contribution in [-0.4, -0.2) is 80.6 Å². The first-order valence-corrected chi connectivity index (χ1v) is 23.2. The first-order valence-electron chi connectivity index (χ1n) is 19.9. The second-order valence-corrected chi connectivity index (χ2v) is 23.1. The molecule has 2 fully saturated rings. The van der Waals surface area contributed by atoms with Crippen molar-refractivity contribution in [3.63, 3.8) is 0 Å². The van der Waals surface area contributed by atoms with Crippen LogP contribution in [0.5, 0.6) is 0 Å². The zero-order chi connectivity index (χ0) is 39.4. The fraction of sp³-hybridized carbons (Fsp3) is 0.571. The molecule has 1 amide bonds. The van der Waals surface area contributed by atoms with Gasteiger partial charge in [-0.25, -0.2) is 9.48 Å². The zero-order valence-electron chi connectivity index (χ0n) is 34.3. The molecule has 0 N–H and O–H groups in total. The number of likely N-dealkylation sites (tertiary alicyclic amines) is 1. The molecule has 1 atom stereocenters. The van der Waals surface area contributed by atoms with Gasteiger partial charge in [-0.3, -0.25) is 9.36 Å². The highest BCUT2D eigenvalue weighted by molar-refractivity contribution is 6.74. The fourth-order valence-corrected chi connectivity index (χ4v) is 8.91. The third kappa shape index (κ3) is 7.97. The summed E-state index contributed by atoms with van der Waals surface area (Å²) >= 11 is 7.36. The Kier molecular flexibility index (Phi) is 10.8. The number of benzene rings is 2. The van der Waals surface area contributed by atoms with Crippen molar-refractivity contribution >= 4 is 47.8 Å². The first kappa shape index (κ1) is 39.5. The lowest BCUT2D eigenvalue weighted by Gasteiger charge is -2.36. The lowest BCUT2D eigenvalue weighted by atomic mass is 9.94. The average molecular weight is 789 g/mol. The lowest BCUT2D eigenvalue weighted by Crippen LogP contribution is -2.42. The van der Waals surface area contributed by atoms with Gasteiger partial charge in [0.05, 0.1) is 41.4 Å². The van der Waals surface area contributed by atoms with Crippen molar-refractivity contribution in [1.82, 2.24) is 34.2 Å². The van der Waals surface area contributed by atoms with E-state index < -0.39 is 13.9 Å². The molecule has 13 heteroatoms. The number of carbonyl (C=O) groups is 1. The molecule has 0 bridgehead atoms. The van der Waals surface area contributed by atoms with Gasteiger partial charge in [-0.05, 0) is 109 Å². The minimum atomic E-state index is -1.86. The molecule has 0 saturated carbocycles. The topological polar surface area (TPSA) is 101 Å². The summed E-state index contributed by atoms with van der Waals surface area (Å²) in [5.74, 6) is 0. The SMILES string of the molecule is Cc1cc2c(cnn2C2CCCCO2)c(-c2c(-c3ccc4nn(CCO[Si](C)(C)C(C)(C)C)cc4c3)nn(C3CCN(C(=O)OC(C)(C)C)CC3)c2C)c1Cl. The molecule has 2 aromatic carbocycles. The Balaban J connectivity index is 1.28. The normalized spacial score (nSPS) is 17.8. The average Bonchev–Trinajstić information content (AvgIpc) is 3.82. The molecule has 0 aliphatic carbocycles. The maximum atomic E-state index is 13.0. The van der Waals surface area contributed by atoms with E-state index in [1.54, 1.807) is 0 Å². The summed E-state index contributed by atoms with van der Waals surface area (Å²) in [4.78, 5) is 14.8. The molecule has 296 valence electrons. The smallest absolute Gasteiger partial charge is 0.410 e. The predicted molar refractivity (Wildman–Crippen MR) is 222 cm³/mol. The molecular formula is C42H58ClN7O4Si. The van der Waals surface area contributed by atoms with E-state index in [1.165, 1.54) is 0 Å². The number of fused-ring (bicyclic) bond motifs is 2. The largest absolute Gasteiger partial charge is 0.444 e. The third-order valence-electron chi connectivity index (χ3n) is 11.7. The fourth-order valence-electron chi connectivity index (χ4n) is 7.63. The number of carbonyl (C=O) groups excluding carboxylic acids is 1. The van der Waals surface area contributed by atoms with Crippen LogP contribution in [0.2, 0.25) is 23.2 Å². The Morgan fingerprint density at radius 3 is 2.40 bits per heavy atom. The van der Waals surface area contributed by atoms with Gasteiger partial charge in [-0.1, -0.05) is 38.4 Å². The molecule has 2 saturated heterocycles. The van der Waals surface area contributed by atoms with Gasteiger partial charge >= 0.3 is 6.09 Å². The molecule has 1 unspecified atom stereocenters. The number of hydrogen-bond acceptors (Lipinski definition) is 7. The molecule has 2 aliphatic heterocycles. The van der Waals surface area contributed by atoms with Crippen LogP contribution in [0.1, 0.15) is 97.2 Å². The minimum Gasteiger partial charge on any atom is -0.444 e. The number of halogens is 1. The van der Waals surface area contributed by atoms with Crippen molar-refractivity contribution in [1.29, 1.82) is 0 Å². The maximum absolute atomic E-state index is 13.0. The van der Waals surface area contributed by atoms with Gasteiger partial charge in [0.1, 0.15) is 11.3 Å². The van der Waals surface area contributed by atoms with E-state index in [0.29, 0.717) is 31.3 Å². The molecule has 7 rings (SSSR count). The molecule has 0 radical (unpaired) electrons. The molecule has 5 aromatic rings. The molecule has 55 heavy (non-hydrogen) atoms. The summed E-state index contributed by atoms with van der Waals surface area (Å²) in [5.41, 5.74) is 7.16. The number of ether oxygens (including phenoxy) is 2. The van der Waals surface area contributed by atoms with Gasteiger partial charge in [0.2, 0.25) is 0 Å². The zero-order valence-corrected chi connectivity index (χ0v) is 36.1. The van der Waals surface area contributed by atoms with Gasteiger partial charge in [0, 0.05) is 59.0 Å². The summed E-state index contributed by atoms with van der Waals surface area (Å²) in [6, 6.07) is 8.61. The highest BCUT2D eigenvalue weighted by Gasteiger charge is 2.37. The Labute approximate surface area is 331 Å². The minimum absolute atomic E-state index is 0.0935. The molecule has 11 nitrogen and oxygen atoms in total. The predicted octanol–water partition coefficient (Wildman–Crippen LogP) is 10.5. The Morgan fingerprint density at radius 2 is 1.73 bits per heavy atom. The quantitative estimate of drug-likeness (QED) is 0.144. The van der Waals surface area contributed by atoms with E-state index in [1.807, 2.05) is 41.2 Å². The van der Waals surface area contributed by atoms with Gasteiger partial charge in [-0.2, -0.15) is 15.3 Å². The molecular weight excluding hydrogens is 730 g/mol. The van der Waals surface area contributed by atoms with Crippen LogP contribution in [0.3, 0.4) is 0 Å². The number of rotatable bonds is 8. The van der Waals surface area contributed by atoms with Crippen molar-refractivity contribution in [2.45, 2.75) is 130 Å². The summed E-state index contributed by atoms with van der Waals surface area (Å²) in [7, 11) is -1.86. The number of nitrogens with zero attached hydrogens (tertiary/aromatic N) is 7. The van der Waals surface area contributed by atoms with Crippen LogP contribution < -0.4 is 0 Å². The van der Waals surface area contributed by atoms with Crippen LogP contribution >= 0.6 is 11.6 Å². The van der Waals surface area contributed by atoms with Crippen LogP contribution in [0, 0.1) is 13.8 Å². The number of amides is 1. The Bertz CT molecular complexity index is 2190. The van der Waals surface area contributed by atoms with E-state index in [9.17, 15) is 4.79 Å². The Morgan fingerprint density at radius 1 is 0.982 bits per heavy atom. The van der Waals surface area contributed by atoms with Crippen molar-refractivity contribution in [2.75, 3.05) is 26.3 Å². The Hall–Kier alpha value is -3.71. The summed E-state index contributed by atoms with van der Waals surface area (Å²) in [6.07, 6.45) is 8.29. The summed E-state index contributed by atoms with van der Waals surface area (Å²) < 4.78 is 24.6. The van der Waals surface area contributed by atoms with E-state index in [4.69, 9.17) is 40.8 Å². The monoisotopic (exact) mass is 787 g/mol. The number of aryl methyl sites for hydroxylation is 1. The van der Waals surface area contributed by atoms with Crippen LogP contribution in [0.25, 0.3) is 44.2 Å². The molecule has 3 aromatic heterocycles. The van der Waals surface area contributed by atoms with E-state index in [0.717, 1.165) is 94.2 Å². The number of piperidine rings is 1. The summed E-state index contributed by atoms with van der Waals surface area (Å²) in [5, 5.41) is 18.1. The van der Waals surface area contributed by atoms with Crippen molar-refractivity contribution in [3.05, 3.63) is 52.9 Å². The molecule has 5 heterocycles. The first-order chi connectivity index (χ1) is 25.9. The van der Waals surface area contributed by atoms with Gasteiger partial charge in [0.25, 0.3) is 0 Å². The van der Waals surface area contributed by atoms with Crippen molar-refractivity contribution in [3.8, 4) is 22.4 Å². The standard InChI is InChI=1S/C42H58ClN7O4Si/c1-27-23-34-32(25-44-50(34)35-13-11-12-21-52-35)37(38(27)43)36-28(2)49(31-16-18-47(19-17-31)40(51)54-41(3,4)5)46-39(36)29-14-15-33-30(24-29)26-48(45-33)20-22-53-55(9,10)42(6,7)8/h14-15,23-26,31,35H,11-13,16-22H2,1-10H3. The van der Waals surface area contributed by atoms with E-state index in [2.05, 4.69) is 82.9 Å². The summed E-state index contributed by atoms with van der Waals surface area (Å²) in [6.45, 7) is 24.5. The lowest BCUT2D eigenvalue weighted by molar-refractivity contribution is -0.0366. The highest BCUT2D eigenvalue weighted by Crippen LogP contribution is 2.46. The van der Waals surface area contributed by atoms with Gasteiger partial charge in [0.15, 0.2) is 14.5 Å². The van der Waals surface area contributed by atoms with Crippen molar-refractivity contribution < 1.29 is 18.7 Å². The van der Waals surface area contributed by atoms with E-state index >= 15 is 0 Å². The molecule has 2 aliphatic rings. The second kappa shape index (κ2) is 15.0. The number of hydrogen-bond donors (Lipinski definition) is 0. The maximum Gasteiger partial charge on any atom is 0.410 e. The van der Waals surface area contributed by atoms with Crippen LogP contribution in [-0.2, 0) is 20.4 Å². The number of aromatic nitrogens is 6. The second-order valence-electron chi connectivity index (χ2n) is 18.0.